The van der Waals surface area contributed by atoms with Crippen LogP contribution in [0.2, 0.25) is 0 Å². The van der Waals surface area contributed by atoms with Crippen molar-refractivity contribution in [2.45, 2.75) is 39.4 Å². The average molecular weight is 402 g/mol. The summed E-state index contributed by atoms with van der Waals surface area (Å²) in [5.74, 6) is -0.0588. The smallest absolute Gasteiger partial charge is 0.261 e. The molecule has 1 N–H and O–H groups in total. The van der Waals surface area contributed by atoms with Crippen molar-refractivity contribution in [3.63, 3.8) is 0 Å². The minimum absolute atomic E-state index is 0.0578. The van der Waals surface area contributed by atoms with Crippen LogP contribution in [0.3, 0.4) is 0 Å². The lowest BCUT2D eigenvalue weighted by Gasteiger charge is -2.29. The van der Waals surface area contributed by atoms with Gasteiger partial charge in [0.1, 0.15) is 11.9 Å². The number of nitrogens with zero attached hydrogens (tertiary/aromatic N) is 1. The molecule has 0 saturated heterocycles. The van der Waals surface area contributed by atoms with Crippen LogP contribution >= 0.6 is 0 Å². The fourth-order valence-electron chi connectivity index (χ4n) is 2.73. The van der Waals surface area contributed by atoms with Gasteiger partial charge in [0, 0.05) is 12.6 Å². The van der Waals surface area contributed by atoms with E-state index in [1.54, 1.807) is 43.3 Å². The van der Waals surface area contributed by atoms with E-state index >= 15 is 0 Å². The summed E-state index contributed by atoms with van der Waals surface area (Å²) < 4.78 is 24.1. The van der Waals surface area contributed by atoms with E-state index in [4.69, 9.17) is 9.47 Å². The molecule has 1 unspecified atom stereocenters. The number of amides is 2. The van der Waals surface area contributed by atoms with E-state index in [1.807, 2.05) is 13.8 Å². The van der Waals surface area contributed by atoms with Gasteiger partial charge in [-0.15, -0.1) is 0 Å². The topological polar surface area (TPSA) is 67.9 Å². The molecule has 0 aliphatic carbocycles. The van der Waals surface area contributed by atoms with E-state index in [0.717, 1.165) is 0 Å². The first-order valence-corrected chi connectivity index (χ1v) is 9.42. The van der Waals surface area contributed by atoms with Gasteiger partial charge in [0.25, 0.3) is 5.91 Å². The largest absolute Gasteiger partial charge is 0.493 e. The maximum Gasteiger partial charge on any atom is 0.261 e. The molecular weight excluding hydrogens is 375 g/mol. The molecule has 0 fully saturated rings. The molecule has 2 amide bonds. The SMILES string of the molecule is COc1ccccc1OCC(=O)N(Cc1ccc(F)cc1)C(C)C(=O)NC(C)C. The molecule has 0 spiro atoms. The molecule has 0 aliphatic rings. The quantitative estimate of drug-likeness (QED) is 0.700. The Bertz CT molecular complexity index is 824. The Balaban J connectivity index is 2.16. The second kappa shape index (κ2) is 10.5. The Morgan fingerprint density at radius 1 is 1.03 bits per heavy atom. The standard InChI is InChI=1S/C22H27FN2O4/c1-15(2)24-22(27)16(3)25(13-17-9-11-18(23)12-10-17)21(26)14-29-20-8-6-5-7-19(20)28-4/h5-12,15-16H,13-14H2,1-4H3,(H,24,27). The molecular formula is C22H27FN2O4. The van der Waals surface area contributed by atoms with Gasteiger partial charge in [-0.3, -0.25) is 9.59 Å². The molecule has 0 saturated carbocycles. The number of ether oxygens (including phenoxy) is 2. The lowest BCUT2D eigenvalue weighted by atomic mass is 10.1. The summed E-state index contributed by atoms with van der Waals surface area (Å²) >= 11 is 0. The van der Waals surface area contributed by atoms with Gasteiger partial charge < -0.3 is 19.7 Å². The predicted octanol–water partition coefficient (Wildman–Crippen LogP) is 3.16. The summed E-state index contributed by atoms with van der Waals surface area (Å²) in [5, 5.41) is 2.81. The van der Waals surface area contributed by atoms with Gasteiger partial charge in [-0.25, -0.2) is 4.39 Å². The van der Waals surface area contributed by atoms with Crippen molar-refractivity contribution in [2.75, 3.05) is 13.7 Å². The molecule has 7 heteroatoms. The van der Waals surface area contributed by atoms with E-state index in [9.17, 15) is 14.0 Å². The van der Waals surface area contributed by atoms with Crippen molar-refractivity contribution in [3.05, 3.63) is 59.9 Å². The number of nitrogens with one attached hydrogen (secondary N) is 1. The maximum absolute atomic E-state index is 13.2. The number of carbonyl (C=O) groups is 2. The highest BCUT2D eigenvalue weighted by atomic mass is 19.1. The molecule has 156 valence electrons. The molecule has 2 aromatic carbocycles. The van der Waals surface area contributed by atoms with Crippen molar-refractivity contribution in [1.82, 2.24) is 10.2 Å². The Kier molecular flexibility index (Phi) is 8.00. The minimum atomic E-state index is -0.726. The van der Waals surface area contributed by atoms with Gasteiger partial charge in [0.05, 0.1) is 7.11 Å². The second-order valence-corrected chi connectivity index (χ2v) is 6.93. The first-order valence-electron chi connectivity index (χ1n) is 9.42. The van der Waals surface area contributed by atoms with Crippen LogP contribution in [0.4, 0.5) is 4.39 Å². The summed E-state index contributed by atoms with van der Waals surface area (Å²) in [4.78, 5) is 26.8. The van der Waals surface area contributed by atoms with Crippen molar-refractivity contribution in [3.8, 4) is 11.5 Å². The van der Waals surface area contributed by atoms with Crippen LogP contribution in [-0.2, 0) is 16.1 Å². The lowest BCUT2D eigenvalue weighted by molar-refractivity contribution is -0.142. The van der Waals surface area contributed by atoms with Crippen molar-refractivity contribution in [1.29, 1.82) is 0 Å². The summed E-state index contributed by atoms with van der Waals surface area (Å²) in [6, 6.07) is 12.0. The predicted molar refractivity (Wildman–Crippen MR) is 108 cm³/mol. The molecule has 0 radical (unpaired) electrons. The summed E-state index contributed by atoms with van der Waals surface area (Å²) in [6.07, 6.45) is 0. The number of benzene rings is 2. The van der Waals surface area contributed by atoms with E-state index in [-0.39, 0.29) is 36.8 Å². The molecule has 29 heavy (non-hydrogen) atoms. The van der Waals surface area contributed by atoms with Gasteiger partial charge in [0.15, 0.2) is 18.1 Å². The highest BCUT2D eigenvalue weighted by Gasteiger charge is 2.27. The number of para-hydroxylation sites is 2. The second-order valence-electron chi connectivity index (χ2n) is 6.93. The first kappa shape index (κ1) is 22.2. The number of carbonyl (C=O) groups excluding carboxylic acids is 2. The van der Waals surface area contributed by atoms with Crippen LogP contribution in [0.25, 0.3) is 0 Å². The summed E-state index contributed by atoms with van der Waals surface area (Å²) in [5.41, 5.74) is 0.709. The van der Waals surface area contributed by atoms with Crippen molar-refractivity contribution >= 4 is 11.8 Å². The molecule has 1 atom stereocenters. The van der Waals surface area contributed by atoms with E-state index in [0.29, 0.717) is 17.1 Å². The zero-order chi connectivity index (χ0) is 21.4. The zero-order valence-electron chi connectivity index (χ0n) is 17.1. The Morgan fingerprint density at radius 2 is 1.66 bits per heavy atom. The Hall–Kier alpha value is -3.09. The molecule has 0 aromatic heterocycles. The molecule has 6 nitrogen and oxygen atoms in total. The lowest BCUT2D eigenvalue weighted by Crippen LogP contribution is -2.50. The molecule has 2 rings (SSSR count). The summed E-state index contributed by atoms with van der Waals surface area (Å²) in [7, 11) is 1.52. The third kappa shape index (κ3) is 6.48. The monoisotopic (exact) mass is 402 g/mol. The van der Waals surface area contributed by atoms with Crippen LogP contribution in [0.15, 0.2) is 48.5 Å². The maximum atomic E-state index is 13.2. The normalized spacial score (nSPS) is 11.7. The third-order valence-corrected chi connectivity index (χ3v) is 4.28. The first-order chi connectivity index (χ1) is 13.8. The number of rotatable bonds is 9. The van der Waals surface area contributed by atoms with E-state index in [1.165, 1.54) is 24.1 Å². The van der Waals surface area contributed by atoms with Gasteiger partial charge in [-0.05, 0) is 50.6 Å². The van der Waals surface area contributed by atoms with Gasteiger partial charge in [0.2, 0.25) is 5.91 Å². The number of halogens is 1. The molecule has 2 aromatic rings. The number of hydrogen-bond acceptors (Lipinski definition) is 4. The Labute approximate surface area is 170 Å². The van der Waals surface area contributed by atoms with Crippen LogP contribution < -0.4 is 14.8 Å². The number of methoxy groups -OCH3 is 1. The highest BCUT2D eigenvalue weighted by molar-refractivity contribution is 5.88. The fraction of sp³-hybridized carbons (Fsp3) is 0.364. The zero-order valence-corrected chi connectivity index (χ0v) is 17.1. The van der Waals surface area contributed by atoms with E-state index in [2.05, 4.69) is 5.32 Å². The van der Waals surface area contributed by atoms with Crippen molar-refractivity contribution < 1.29 is 23.5 Å². The van der Waals surface area contributed by atoms with Gasteiger partial charge in [-0.2, -0.15) is 0 Å². The summed E-state index contributed by atoms with van der Waals surface area (Å²) in [6.45, 7) is 5.24. The van der Waals surface area contributed by atoms with Crippen LogP contribution in [0.1, 0.15) is 26.3 Å². The van der Waals surface area contributed by atoms with Crippen molar-refractivity contribution in [2.24, 2.45) is 0 Å². The third-order valence-electron chi connectivity index (χ3n) is 4.28. The van der Waals surface area contributed by atoms with E-state index < -0.39 is 6.04 Å². The molecule has 0 bridgehead atoms. The average Bonchev–Trinajstić information content (AvgIpc) is 2.70. The van der Waals surface area contributed by atoms with Gasteiger partial charge >= 0.3 is 0 Å². The fourth-order valence-corrected chi connectivity index (χ4v) is 2.73. The van der Waals surface area contributed by atoms with Gasteiger partial charge in [-0.1, -0.05) is 24.3 Å². The highest BCUT2D eigenvalue weighted by Crippen LogP contribution is 2.25. The molecule has 0 heterocycles. The number of hydrogen-bond donors (Lipinski definition) is 1. The Morgan fingerprint density at radius 3 is 2.24 bits per heavy atom. The van der Waals surface area contributed by atoms with Crippen LogP contribution in [0.5, 0.6) is 11.5 Å². The van der Waals surface area contributed by atoms with Crippen LogP contribution in [0, 0.1) is 5.82 Å². The van der Waals surface area contributed by atoms with Crippen LogP contribution in [-0.4, -0.2) is 42.5 Å². The molecule has 0 aliphatic heterocycles. The minimum Gasteiger partial charge on any atom is -0.493 e.